The molecule has 0 aliphatic carbocycles. The third kappa shape index (κ3) is 3.16. The van der Waals surface area contributed by atoms with Gasteiger partial charge in [-0.05, 0) is 18.2 Å². The molecule has 18 heavy (non-hydrogen) atoms. The van der Waals surface area contributed by atoms with Crippen molar-refractivity contribution < 1.29 is 9.13 Å². The van der Waals surface area contributed by atoms with Crippen LogP contribution in [0.5, 0.6) is 5.75 Å². The molecule has 0 saturated carbocycles. The highest BCUT2D eigenvalue weighted by Gasteiger charge is 2.05. The van der Waals surface area contributed by atoms with Gasteiger partial charge in [0, 0.05) is 11.5 Å². The molecule has 2 aromatic rings. The van der Waals surface area contributed by atoms with Gasteiger partial charge in [-0.3, -0.25) is 4.98 Å². The van der Waals surface area contributed by atoms with Crippen LogP contribution >= 0.6 is 15.9 Å². The first-order chi connectivity index (χ1) is 8.69. The number of aromatic nitrogens is 2. The van der Waals surface area contributed by atoms with Gasteiger partial charge in [-0.25, -0.2) is 9.37 Å². The standard InChI is InChI=1S/C12H11BrFN3O/c1-15-12-6-16-9(5-17-12)7-18-11-4-8(13)2-3-10(11)14/h2-6H,7H2,1H3,(H,15,17). The van der Waals surface area contributed by atoms with E-state index < -0.39 is 5.82 Å². The molecular weight excluding hydrogens is 301 g/mol. The largest absolute Gasteiger partial charge is 0.484 e. The van der Waals surface area contributed by atoms with Gasteiger partial charge in [-0.1, -0.05) is 15.9 Å². The fourth-order valence-electron chi connectivity index (χ4n) is 1.30. The van der Waals surface area contributed by atoms with Crippen LogP contribution in [0.4, 0.5) is 10.2 Å². The van der Waals surface area contributed by atoms with Gasteiger partial charge in [0.25, 0.3) is 0 Å². The van der Waals surface area contributed by atoms with Gasteiger partial charge in [0.2, 0.25) is 0 Å². The smallest absolute Gasteiger partial charge is 0.165 e. The number of hydrogen-bond acceptors (Lipinski definition) is 4. The molecule has 0 fully saturated rings. The van der Waals surface area contributed by atoms with Crippen molar-refractivity contribution >= 4 is 21.7 Å². The molecule has 0 aliphatic rings. The molecular formula is C12H11BrFN3O. The molecule has 0 saturated heterocycles. The average molecular weight is 312 g/mol. The van der Waals surface area contributed by atoms with Gasteiger partial charge >= 0.3 is 0 Å². The molecule has 94 valence electrons. The van der Waals surface area contributed by atoms with Crippen LogP contribution in [-0.4, -0.2) is 17.0 Å². The predicted octanol–water partition coefficient (Wildman–Crippen LogP) is 3.00. The van der Waals surface area contributed by atoms with E-state index in [2.05, 4.69) is 31.2 Å². The summed E-state index contributed by atoms with van der Waals surface area (Å²) < 4.78 is 19.5. The Kier molecular flexibility index (Phi) is 4.09. The normalized spacial score (nSPS) is 10.2. The first-order valence-electron chi connectivity index (χ1n) is 5.25. The Balaban J connectivity index is 2.04. The quantitative estimate of drug-likeness (QED) is 0.943. The maximum atomic E-state index is 13.4. The maximum absolute atomic E-state index is 13.4. The summed E-state index contributed by atoms with van der Waals surface area (Å²) in [5.74, 6) is 0.453. The lowest BCUT2D eigenvalue weighted by molar-refractivity contribution is 0.285. The van der Waals surface area contributed by atoms with Gasteiger partial charge < -0.3 is 10.1 Å². The van der Waals surface area contributed by atoms with E-state index in [1.807, 2.05) is 0 Å². The van der Waals surface area contributed by atoms with Gasteiger partial charge in [0.05, 0.1) is 18.1 Å². The highest BCUT2D eigenvalue weighted by Crippen LogP contribution is 2.22. The van der Waals surface area contributed by atoms with Crippen LogP contribution in [0.3, 0.4) is 0 Å². The lowest BCUT2D eigenvalue weighted by atomic mass is 10.3. The molecule has 0 spiro atoms. The molecule has 0 aliphatic heterocycles. The SMILES string of the molecule is CNc1cnc(COc2cc(Br)ccc2F)cn1. The topological polar surface area (TPSA) is 47.0 Å². The van der Waals surface area contributed by atoms with Gasteiger partial charge in [0.15, 0.2) is 11.6 Å². The zero-order chi connectivity index (χ0) is 13.0. The molecule has 6 heteroatoms. The molecule has 1 aromatic heterocycles. The Morgan fingerprint density at radius 1 is 1.33 bits per heavy atom. The second kappa shape index (κ2) is 5.77. The molecule has 4 nitrogen and oxygen atoms in total. The average Bonchev–Trinajstić information content (AvgIpc) is 2.40. The molecule has 2 rings (SSSR count). The summed E-state index contributed by atoms with van der Waals surface area (Å²) in [6.45, 7) is 0.171. The van der Waals surface area contributed by atoms with Crippen molar-refractivity contribution in [3.05, 3.63) is 46.6 Å². The second-order valence-electron chi connectivity index (χ2n) is 3.51. The van der Waals surface area contributed by atoms with Crippen LogP contribution in [0.1, 0.15) is 5.69 Å². The summed E-state index contributed by atoms with van der Waals surface area (Å²) >= 11 is 3.26. The van der Waals surface area contributed by atoms with Crippen molar-refractivity contribution in [1.82, 2.24) is 9.97 Å². The molecule has 0 amide bonds. The number of nitrogens with one attached hydrogen (secondary N) is 1. The zero-order valence-electron chi connectivity index (χ0n) is 9.65. The fourth-order valence-corrected chi connectivity index (χ4v) is 1.64. The van der Waals surface area contributed by atoms with Crippen LogP contribution in [0, 0.1) is 5.82 Å². The summed E-state index contributed by atoms with van der Waals surface area (Å²) in [4.78, 5) is 8.23. The van der Waals surface area contributed by atoms with E-state index in [9.17, 15) is 4.39 Å². The minimum Gasteiger partial charge on any atom is -0.484 e. The van der Waals surface area contributed by atoms with Crippen LogP contribution in [0.25, 0.3) is 0 Å². The lowest BCUT2D eigenvalue weighted by Crippen LogP contribution is -2.02. The second-order valence-corrected chi connectivity index (χ2v) is 4.42. The van der Waals surface area contributed by atoms with Crippen molar-refractivity contribution in [3.63, 3.8) is 0 Å². The van der Waals surface area contributed by atoms with Crippen molar-refractivity contribution in [1.29, 1.82) is 0 Å². The minimum atomic E-state index is -0.405. The van der Waals surface area contributed by atoms with Crippen LogP contribution in [0.15, 0.2) is 35.1 Å². The van der Waals surface area contributed by atoms with E-state index in [0.717, 1.165) is 4.47 Å². The molecule has 1 aromatic carbocycles. The van der Waals surface area contributed by atoms with Gasteiger partial charge in [-0.15, -0.1) is 0 Å². The molecule has 0 radical (unpaired) electrons. The Morgan fingerprint density at radius 2 is 2.17 bits per heavy atom. The monoisotopic (exact) mass is 311 g/mol. The lowest BCUT2D eigenvalue weighted by Gasteiger charge is -2.07. The van der Waals surface area contributed by atoms with Crippen molar-refractivity contribution in [2.45, 2.75) is 6.61 Å². The van der Waals surface area contributed by atoms with E-state index in [-0.39, 0.29) is 12.4 Å². The van der Waals surface area contributed by atoms with E-state index in [1.54, 1.807) is 31.6 Å². The highest BCUT2D eigenvalue weighted by molar-refractivity contribution is 9.10. The number of benzene rings is 1. The van der Waals surface area contributed by atoms with Gasteiger partial charge in [0.1, 0.15) is 12.4 Å². The molecule has 1 heterocycles. The fraction of sp³-hybridized carbons (Fsp3) is 0.167. The minimum absolute atomic E-state index is 0.171. The Bertz CT molecular complexity index is 533. The van der Waals surface area contributed by atoms with Gasteiger partial charge in [-0.2, -0.15) is 0 Å². The van der Waals surface area contributed by atoms with Crippen LogP contribution in [-0.2, 0) is 6.61 Å². The number of hydrogen-bond donors (Lipinski definition) is 1. The van der Waals surface area contributed by atoms with Crippen LogP contribution in [0.2, 0.25) is 0 Å². The Labute approximate surface area is 112 Å². The first kappa shape index (κ1) is 12.8. The predicted molar refractivity (Wildman–Crippen MR) is 70.0 cm³/mol. The van der Waals surface area contributed by atoms with E-state index in [1.165, 1.54) is 6.07 Å². The zero-order valence-corrected chi connectivity index (χ0v) is 11.2. The number of anilines is 1. The Hall–Kier alpha value is -1.69. The Morgan fingerprint density at radius 3 is 2.83 bits per heavy atom. The van der Waals surface area contributed by atoms with Crippen molar-refractivity contribution in [2.75, 3.05) is 12.4 Å². The summed E-state index contributed by atoms with van der Waals surface area (Å²) in [5.41, 5.74) is 0.633. The third-order valence-electron chi connectivity index (χ3n) is 2.23. The first-order valence-corrected chi connectivity index (χ1v) is 6.05. The summed E-state index contributed by atoms with van der Waals surface area (Å²) in [5, 5.41) is 2.86. The number of nitrogens with zero attached hydrogens (tertiary/aromatic N) is 2. The molecule has 0 atom stereocenters. The third-order valence-corrected chi connectivity index (χ3v) is 2.72. The van der Waals surface area contributed by atoms with E-state index >= 15 is 0 Å². The summed E-state index contributed by atoms with van der Waals surface area (Å²) in [6.07, 6.45) is 3.18. The van der Waals surface area contributed by atoms with E-state index in [4.69, 9.17) is 4.74 Å². The number of ether oxygens (including phenoxy) is 1. The molecule has 1 N–H and O–H groups in total. The van der Waals surface area contributed by atoms with Crippen LogP contribution < -0.4 is 10.1 Å². The number of halogens is 2. The number of rotatable bonds is 4. The maximum Gasteiger partial charge on any atom is 0.165 e. The molecule has 0 unspecified atom stereocenters. The highest BCUT2D eigenvalue weighted by atomic mass is 79.9. The van der Waals surface area contributed by atoms with Crippen molar-refractivity contribution in [2.24, 2.45) is 0 Å². The molecule has 0 bridgehead atoms. The summed E-state index contributed by atoms with van der Waals surface area (Å²) in [6, 6.07) is 4.53. The van der Waals surface area contributed by atoms with Crippen molar-refractivity contribution in [3.8, 4) is 5.75 Å². The van der Waals surface area contributed by atoms with E-state index in [0.29, 0.717) is 11.5 Å². The summed E-state index contributed by atoms with van der Waals surface area (Å²) in [7, 11) is 1.76.